The maximum absolute atomic E-state index is 13.1. The second kappa shape index (κ2) is 45.3. The van der Waals surface area contributed by atoms with Gasteiger partial charge in [0.2, 0.25) is 11.8 Å². The van der Waals surface area contributed by atoms with E-state index in [-0.39, 0.29) is 54.8 Å². The molecule has 66 heavy (non-hydrogen) atoms. The molecule has 1 saturated carbocycles. The van der Waals surface area contributed by atoms with Gasteiger partial charge in [-0.1, -0.05) is 194 Å². The van der Waals surface area contributed by atoms with Gasteiger partial charge < -0.3 is 29.6 Å². The van der Waals surface area contributed by atoms with E-state index in [0.29, 0.717) is 45.3 Å². The number of hydrogen-bond acceptors (Lipinski definition) is 8. The summed E-state index contributed by atoms with van der Waals surface area (Å²) < 4.78 is 23.0. The highest BCUT2D eigenvalue weighted by Crippen LogP contribution is 2.26. The number of esters is 2. The van der Waals surface area contributed by atoms with Gasteiger partial charge in [-0.15, -0.1) is 0 Å². The molecule has 388 valence electrons. The van der Waals surface area contributed by atoms with E-state index in [0.717, 1.165) is 57.8 Å². The third kappa shape index (κ3) is 39.8. The fraction of sp³-hybridized carbons (Fsp3) is 0.929. The number of amides is 2. The lowest BCUT2D eigenvalue weighted by molar-refractivity contribution is -0.160. The molecule has 2 amide bonds. The van der Waals surface area contributed by atoms with E-state index in [9.17, 15) is 19.2 Å². The van der Waals surface area contributed by atoms with E-state index in [2.05, 4.69) is 24.5 Å². The van der Waals surface area contributed by atoms with Gasteiger partial charge in [-0.05, 0) is 46.0 Å². The molecule has 0 aliphatic heterocycles. The van der Waals surface area contributed by atoms with Crippen LogP contribution in [-0.4, -0.2) is 74.5 Å². The van der Waals surface area contributed by atoms with Crippen molar-refractivity contribution in [3.05, 3.63) is 0 Å². The Labute approximate surface area is 406 Å². The predicted octanol–water partition coefficient (Wildman–Crippen LogP) is 14.5. The highest BCUT2D eigenvalue weighted by Gasteiger charge is 2.34. The first kappa shape index (κ1) is 61.8. The number of carbonyl (C=O) groups is 4. The minimum Gasteiger partial charge on any atom is -0.462 e. The van der Waals surface area contributed by atoms with Crippen LogP contribution in [0.25, 0.3) is 0 Å². The molecule has 0 spiro atoms. The summed E-state index contributed by atoms with van der Waals surface area (Å²) in [5.41, 5.74) is 0. The molecule has 0 aromatic heterocycles. The van der Waals surface area contributed by atoms with E-state index in [1.165, 1.54) is 154 Å². The minimum absolute atomic E-state index is 0.0623. The number of methoxy groups -OCH3 is 1. The van der Waals surface area contributed by atoms with Gasteiger partial charge in [0.05, 0.1) is 12.2 Å². The Kier molecular flexibility index (Phi) is 42.4. The molecule has 1 aliphatic carbocycles. The normalized spacial score (nSPS) is 17.0. The molecule has 0 heterocycles. The zero-order valence-corrected chi connectivity index (χ0v) is 43.9. The molecule has 10 nitrogen and oxygen atoms in total. The standard InChI is InChI=1S/C56H106N2O8/c1-6-8-10-12-14-16-18-20-22-24-26-28-30-32-34-38-55(61)65-51-45-50(58-54(60)41-40-53(59)57-43-36-37-49(4)64-44-42-48(3)63-5)46-52(47-51)66-56(62)39-35-33-31-29-27-25-23-21-19-17-15-13-11-9-7-2/h48-52H,6-47H2,1-5H3,(H,57,59)(H,58,60). The lowest BCUT2D eigenvalue weighted by atomic mass is 9.90. The van der Waals surface area contributed by atoms with Crippen molar-refractivity contribution >= 4 is 23.8 Å². The Morgan fingerprint density at radius 1 is 0.455 bits per heavy atom. The third-order valence-electron chi connectivity index (χ3n) is 13.6. The van der Waals surface area contributed by atoms with Crippen LogP contribution in [0.2, 0.25) is 0 Å². The SMILES string of the molecule is CCCCCCCCCCCCCCCCCC(=O)OC1CC(NC(=O)CCC(=O)NCCCC(C)OCCC(C)OC)CC(OC(=O)CCCCCCCCCCCCCCCCC)C1. The molecule has 10 heteroatoms. The van der Waals surface area contributed by atoms with Crippen molar-refractivity contribution in [3.63, 3.8) is 0 Å². The first-order chi connectivity index (χ1) is 32.2. The van der Waals surface area contributed by atoms with Crippen molar-refractivity contribution in [3.8, 4) is 0 Å². The largest absolute Gasteiger partial charge is 0.462 e. The predicted molar refractivity (Wildman–Crippen MR) is 273 cm³/mol. The smallest absolute Gasteiger partial charge is 0.306 e. The summed E-state index contributed by atoms with van der Waals surface area (Å²) in [5.74, 6) is -0.826. The van der Waals surface area contributed by atoms with Crippen LogP contribution >= 0.6 is 0 Å². The Morgan fingerprint density at radius 2 is 0.833 bits per heavy atom. The summed E-state index contributed by atoms with van der Waals surface area (Å²) in [5, 5.41) is 5.99. The van der Waals surface area contributed by atoms with Crippen molar-refractivity contribution in [1.82, 2.24) is 10.6 Å². The van der Waals surface area contributed by atoms with E-state index in [1.807, 2.05) is 13.8 Å². The van der Waals surface area contributed by atoms with Crippen LogP contribution in [0, 0.1) is 0 Å². The Morgan fingerprint density at radius 3 is 1.23 bits per heavy atom. The summed E-state index contributed by atoms with van der Waals surface area (Å²) >= 11 is 0. The number of carbonyl (C=O) groups excluding carboxylic acids is 4. The average molecular weight is 935 g/mol. The number of unbranched alkanes of at least 4 members (excludes halogenated alkanes) is 28. The van der Waals surface area contributed by atoms with Crippen LogP contribution in [0.3, 0.4) is 0 Å². The molecule has 1 rings (SSSR count). The van der Waals surface area contributed by atoms with Gasteiger partial charge in [0, 0.05) is 71.2 Å². The molecule has 0 saturated heterocycles. The number of hydrogen-bond donors (Lipinski definition) is 2. The fourth-order valence-electron chi connectivity index (χ4n) is 9.17. The van der Waals surface area contributed by atoms with Gasteiger partial charge >= 0.3 is 11.9 Å². The van der Waals surface area contributed by atoms with E-state index in [1.54, 1.807) is 7.11 Å². The zero-order valence-electron chi connectivity index (χ0n) is 43.9. The first-order valence-electron chi connectivity index (χ1n) is 28.3. The molecular weight excluding hydrogens is 829 g/mol. The van der Waals surface area contributed by atoms with Gasteiger partial charge in [-0.3, -0.25) is 19.2 Å². The van der Waals surface area contributed by atoms with Crippen LogP contribution in [-0.2, 0) is 38.1 Å². The molecule has 1 aliphatic rings. The summed E-state index contributed by atoms with van der Waals surface area (Å²) in [6, 6.07) is -0.310. The van der Waals surface area contributed by atoms with E-state index in [4.69, 9.17) is 18.9 Å². The monoisotopic (exact) mass is 935 g/mol. The molecule has 0 radical (unpaired) electrons. The third-order valence-corrected chi connectivity index (χ3v) is 13.6. The second-order valence-corrected chi connectivity index (χ2v) is 20.1. The molecular formula is C56H106N2O8. The van der Waals surface area contributed by atoms with Gasteiger partial charge in [0.25, 0.3) is 0 Å². The van der Waals surface area contributed by atoms with Gasteiger partial charge in [0.15, 0.2) is 0 Å². The van der Waals surface area contributed by atoms with Crippen LogP contribution in [0.1, 0.15) is 285 Å². The van der Waals surface area contributed by atoms with Crippen molar-refractivity contribution in [1.29, 1.82) is 0 Å². The highest BCUT2D eigenvalue weighted by atomic mass is 16.6. The van der Waals surface area contributed by atoms with Crippen LogP contribution in [0.15, 0.2) is 0 Å². The van der Waals surface area contributed by atoms with Crippen molar-refractivity contribution in [2.75, 3.05) is 20.3 Å². The second-order valence-electron chi connectivity index (χ2n) is 20.1. The van der Waals surface area contributed by atoms with Gasteiger partial charge in [0.1, 0.15) is 12.2 Å². The Bertz CT molecular complexity index is 1100. The first-order valence-corrected chi connectivity index (χ1v) is 28.3. The molecule has 0 aromatic carbocycles. The van der Waals surface area contributed by atoms with Gasteiger partial charge in [-0.2, -0.15) is 0 Å². The molecule has 4 unspecified atom stereocenters. The molecule has 4 atom stereocenters. The summed E-state index contributed by atoms with van der Waals surface area (Å²) in [6.45, 7) is 9.77. The zero-order chi connectivity index (χ0) is 48.1. The lowest BCUT2D eigenvalue weighted by Crippen LogP contribution is -2.46. The lowest BCUT2D eigenvalue weighted by Gasteiger charge is -2.34. The van der Waals surface area contributed by atoms with Crippen LogP contribution < -0.4 is 10.6 Å². The van der Waals surface area contributed by atoms with E-state index >= 15 is 0 Å². The molecule has 2 N–H and O–H groups in total. The molecule has 1 fully saturated rings. The molecule has 0 bridgehead atoms. The molecule has 0 aromatic rings. The minimum atomic E-state index is -0.436. The summed E-state index contributed by atoms with van der Waals surface area (Å²) in [7, 11) is 1.70. The average Bonchev–Trinajstić information content (AvgIpc) is 3.29. The topological polar surface area (TPSA) is 129 Å². The van der Waals surface area contributed by atoms with Crippen LogP contribution in [0.5, 0.6) is 0 Å². The number of nitrogens with one attached hydrogen (secondary N) is 2. The van der Waals surface area contributed by atoms with Crippen molar-refractivity contribution in [2.45, 2.75) is 315 Å². The Balaban J connectivity index is 2.43. The quantitative estimate of drug-likeness (QED) is 0.0456. The maximum atomic E-state index is 13.1. The maximum Gasteiger partial charge on any atom is 0.306 e. The van der Waals surface area contributed by atoms with Crippen molar-refractivity contribution in [2.24, 2.45) is 0 Å². The fourth-order valence-corrected chi connectivity index (χ4v) is 9.17. The summed E-state index contributed by atoms with van der Waals surface area (Å²) in [4.78, 5) is 51.6. The van der Waals surface area contributed by atoms with E-state index < -0.39 is 12.2 Å². The number of ether oxygens (including phenoxy) is 4. The summed E-state index contributed by atoms with van der Waals surface area (Å²) in [6.07, 6.45) is 42.3. The highest BCUT2D eigenvalue weighted by molar-refractivity contribution is 5.83. The number of rotatable bonds is 47. The van der Waals surface area contributed by atoms with Crippen molar-refractivity contribution < 1.29 is 38.1 Å². The Hall–Kier alpha value is -2.20. The van der Waals surface area contributed by atoms with Crippen LogP contribution in [0.4, 0.5) is 0 Å². The van der Waals surface area contributed by atoms with Gasteiger partial charge in [-0.25, -0.2) is 0 Å².